The van der Waals surface area contributed by atoms with Gasteiger partial charge in [-0.3, -0.25) is 9.59 Å². The molecule has 1 atom stereocenters. The van der Waals surface area contributed by atoms with Crippen molar-refractivity contribution in [3.63, 3.8) is 0 Å². The smallest absolute Gasteiger partial charge is 0.230 e. The molecule has 0 aromatic carbocycles. The fraction of sp³-hybridized carbons (Fsp3) is 0.688. The number of piperidine rings is 2. The zero-order valence-corrected chi connectivity index (χ0v) is 22.9. The molecule has 3 fully saturated rings. The highest BCUT2D eigenvalue weighted by Crippen LogP contribution is 2.43. The van der Waals surface area contributed by atoms with Crippen LogP contribution in [0.1, 0.15) is 90.4 Å². The van der Waals surface area contributed by atoms with Crippen LogP contribution in [0.25, 0.3) is 0 Å². The standard InChI is InChI=1S/C32H47N3O2/c1-25(26-11-5-2-6-12-26)33-31(37)32(28-13-7-3-8-14-28)19-23-35(24-20-32)30(36)27-17-21-34(22-18-27)29-15-9-4-10-16-29/h2-3,5,7,11,13,25,27,29H,4,6,8-10,12,14-24H2,1H3,(H,33,37)/t25-/m0/s1. The SMILES string of the molecule is C[C@H](NC(=O)C1(C2=CC=CCC2)CCN(C(=O)C2CCN(C3CCCCC3)CC2)CC1)C1=CC=CCC1. The third-order valence-electron chi connectivity index (χ3n) is 9.91. The summed E-state index contributed by atoms with van der Waals surface area (Å²) in [5.41, 5.74) is 2.06. The van der Waals surface area contributed by atoms with E-state index < -0.39 is 5.41 Å². The molecule has 0 aromatic rings. The molecule has 0 aromatic heterocycles. The lowest BCUT2D eigenvalue weighted by molar-refractivity contribution is -0.143. The minimum atomic E-state index is -0.495. The first kappa shape index (κ1) is 26.5. The number of carbonyl (C=O) groups excluding carboxylic acids is 2. The van der Waals surface area contributed by atoms with Crippen LogP contribution in [0.4, 0.5) is 0 Å². The van der Waals surface area contributed by atoms with Gasteiger partial charge in [-0.15, -0.1) is 0 Å². The lowest BCUT2D eigenvalue weighted by Crippen LogP contribution is -2.54. The number of amides is 2. The Hall–Kier alpha value is -2.14. The van der Waals surface area contributed by atoms with Gasteiger partial charge in [0.05, 0.1) is 5.41 Å². The predicted molar refractivity (Wildman–Crippen MR) is 150 cm³/mol. The van der Waals surface area contributed by atoms with Gasteiger partial charge in [-0.1, -0.05) is 61.3 Å². The number of allylic oxidation sites excluding steroid dienone is 6. The molecule has 37 heavy (non-hydrogen) atoms. The van der Waals surface area contributed by atoms with Gasteiger partial charge in [-0.2, -0.15) is 0 Å². The van der Waals surface area contributed by atoms with Crippen molar-refractivity contribution >= 4 is 11.8 Å². The third kappa shape index (κ3) is 5.97. The Morgan fingerprint density at radius 2 is 1.57 bits per heavy atom. The number of nitrogens with zero attached hydrogens (tertiary/aromatic N) is 2. The van der Waals surface area contributed by atoms with Gasteiger partial charge in [0.1, 0.15) is 0 Å². The first-order valence-electron chi connectivity index (χ1n) is 15.1. The molecule has 0 radical (unpaired) electrons. The molecule has 2 saturated heterocycles. The molecular weight excluding hydrogens is 458 g/mol. The van der Waals surface area contributed by atoms with E-state index in [-0.39, 0.29) is 17.9 Å². The van der Waals surface area contributed by atoms with E-state index >= 15 is 0 Å². The van der Waals surface area contributed by atoms with Crippen LogP contribution in [0.5, 0.6) is 0 Å². The molecule has 2 aliphatic heterocycles. The van der Waals surface area contributed by atoms with Crippen molar-refractivity contribution in [2.75, 3.05) is 26.2 Å². The monoisotopic (exact) mass is 505 g/mol. The first-order valence-corrected chi connectivity index (χ1v) is 15.1. The van der Waals surface area contributed by atoms with Gasteiger partial charge in [0.2, 0.25) is 11.8 Å². The van der Waals surface area contributed by atoms with Crippen molar-refractivity contribution in [1.29, 1.82) is 0 Å². The molecule has 5 aliphatic rings. The summed E-state index contributed by atoms with van der Waals surface area (Å²) in [7, 11) is 0. The van der Waals surface area contributed by atoms with Crippen LogP contribution < -0.4 is 5.32 Å². The summed E-state index contributed by atoms with van der Waals surface area (Å²) >= 11 is 0. The largest absolute Gasteiger partial charge is 0.349 e. The maximum Gasteiger partial charge on any atom is 0.230 e. The summed E-state index contributed by atoms with van der Waals surface area (Å²) in [6.07, 6.45) is 27.2. The minimum Gasteiger partial charge on any atom is -0.349 e. The molecule has 0 spiro atoms. The number of nitrogens with one attached hydrogen (secondary N) is 1. The fourth-order valence-electron chi connectivity index (χ4n) is 7.43. The molecular formula is C32H47N3O2. The van der Waals surface area contributed by atoms with Crippen LogP contribution in [0.2, 0.25) is 0 Å². The number of likely N-dealkylation sites (tertiary alicyclic amines) is 2. The lowest BCUT2D eigenvalue weighted by atomic mass is 9.68. The maximum absolute atomic E-state index is 13.9. The molecule has 2 heterocycles. The van der Waals surface area contributed by atoms with E-state index in [1.165, 1.54) is 43.3 Å². The van der Waals surface area contributed by atoms with Crippen molar-refractivity contribution < 1.29 is 9.59 Å². The second-order valence-electron chi connectivity index (χ2n) is 12.1. The molecule has 5 heteroatoms. The van der Waals surface area contributed by atoms with Gasteiger partial charge < -0.3 is 15.1 Å². The summed E-state index contributed by atoms with van der Waals surface area (Å²) in [4.78, 5) is 32.2. The summed E-state index contributed by atoms with van der Waals surface area (Å²) in [6.45, 7) is 5.64. The molecule has 0 unspecified atom stereocenters. The summed E-state index contributed by atoms with van der Waals surface area (Å²) in [6, 6.07) is 0.794. The summed E-state index contributed by atoms with van der Waals surface area (Å²) in [5, 5.41) is 3.39. The number of rotatable bonds is 6. The summed E-state index contributed by atoms with van der Waals surface area (Å²) < 4.78 is 0. The van der Waals surface area contributed by atoms with Crippen LogP contribution in [-0.2, 0) is 9.59 Å². The number of hydrogen-bond acceptors (Lipinski definition) is 3. The van der Waals surface area contributed by atoms with E-state index in [2.05, 4.69) is 58.5 Å². The predicted octanol–water partition coefficient (Wildman–Crippen LogP) is 5.70. The highest BCUT2D eigenvalue weighted by atomic mass is 16.2. The van der Waals surface area contributed by atoms with Gasteiger partial charge >= 0.3 is 0 Å². The van der Waals surface area contributed by atoms with Gasteiger partial charge in [-0.25, -0.2) is 0 Å². The first-order chi connectivity index (χ1) is 18.1. The van der Waals surface area contributed by atoms with E-state index in [1.807, 2.05) is 0 Å². The van der Waals surface area contributed by atoms with E-state index in [4.69, 9.17) is 0 Å². The average Bonchev–Trinajstić information content (AvgIpc) is 2.98. The van der Waals surface area contributed by atoms with E-state index in [0.29, 0.717) is 19.0 Å². The van der Waals surface area contributed by atoms with Crippen LogP contribution in [0.3, 0.4) is 0 Å². The maximum atomic E-state index is 13.9. The Labute approximate surface area is 224 Å². The zero-order chi connectivity index (χ0) is 25.7. The molecule has 3 aliphatic carbocycles. The molecule has 2 amide bonds. The highest BCUT2D eigenvalue weighted by Gasteiger charge is 2.46. The quantitative estimate of drug-likeness (QED) is 0.504. The van der Waals surface area contributed by atoms with Gasteiger partial charge in [-0.05, 0) is 89.8 Å². The van der Waals surface area contributed by atoms with Crippen molar-refractivity contribution in [3.8, 4) is 0 Å². The van der Waals surface area contributed by atoms with Gasteiger partial charge in [0, 0.05) is 31.1 Å². The van der Waals surface area contributed by atoms with E-state index in [9.17, 15) is 9.59 Å². The second-order valence-corrected chi connectivity index (χ2v) is 12.1. The molecule has 1 N–H and O–H groups in total. The van der Waals surface area contributed by atoms with Crippen LogP contribution >= 0.6 is 0 Å². The van der Waals surface area contributed by atoms with Crippen molar-refractivity contribution in [1.82, 2.24) is 15.1 Å². The molecule has 5 rings (SSSR count). The van der Waals surface area contributed by atoms with Gasteiger partial charge in [0.15, 0.2) is 0 Å². The Balaban J connectivity index is 1.20. The van der Waals surface area contributed by atoms with Gasteiger partial charge in [0.25, 0.3) is 0 Å². The van der Waals surface area contributed by atoms with E-state index in [0.717, 1.165) is 70.5 Å². The highest BCUT2D eigenvalue weighted by molar-refractivity contribution is 5.87. The van der Waals surface area contributed by atoms with Crippen molar-refractivity contribution in [2.24, 2.45) is 11.3 Å². The lowest BCUT2D eigenvalue weighted by Gasteiger charge is -2.45. The number of carbonyl (C=O) groups is 2. The topological polar surface area (TPSA) is 52.7 Å². The second kappa shape index (κ2) is 12.1. The van der Waals surface area contributed by atoms with Crippen molar-refractivity contribution in [3.05, 3.63) is 47.6 Å². The fourth-order valence-corrected chi connectivity index (χ4v) is 7.43. The van der Waals surface area contributed by atoms with Crippen LogP contribution in [0, 0.1) is 11.3 Å². The average molecular weight is 506 g/mol. The Bertz CT molecular complexity index is 939. The zero-order valence-electron chi connectivity index (χ0n) is 22.9. The molecule has 5 nitrogen and oxygen atoms in total. The van der Waals surface area contributed by atoms with Crippen LogP contribution in [0.15, 0.2) is 47.6 Å². The van der Waals surface area contributed by atoms with Crippen molar-refractivity contribution in [2.45, 2.75) is 102 Å². The molecule has 0 bridgehead atoms. The normalized spacial score (nSPS) is 26.4. The third-order valence-corrected chi connectivity index (χ3v) is 9.91. The van der Waals surface area contributed by atoms with Crippen LogP contribution in [-0.4, -0.2) is 59.9 Å². The Morgan fingerprint density at radius 1 is 0.892 bits per heavy atom. The minimum absolute atomic E-state index is 0.0445. The van der Waals surface area contributed by atoms with E-state index in [1.54, 1.807) is 0 Å². The Morgan fingerprint density at radius 3 is 2.19 bits per heavy atom. The molecule has 1 saturated carbocycles. The Kier molecular flexibility index (Phi) is 8.69. The summed E-state index contributed by atoms with van der Waals surface area (Å²) in [5.74, 6) is 0.650. The number of hydrogen-bond donors (Lipinski definition) is 1. The molecule has 202 valence electrons.